The fourth-order valence-corrected chi connectivity index (χ4v) is 4.44. The van der Waals surface area contributed by atoms with Crippen LogP contribution in [0.15, 0.2) is 18.2 Å². The molecule has 1 aliphatic carbocycles. The molecule has 1 amide bonds. The largest absolute Gasteiger partial charge is 0.490 e. The van der Waals surface area contributed by atoms with Crippen LogP contribution in [0.2, 0.25) is 0 Å². The summed E-state index contributed by atoms with van der Waals surface area (Å²) in [6.07, 6.45) is 8.33. The van der Waals surface area contributed by atoms with Crippen LogP contribution in [0, 0.1) is 11.8 Å². The minimum Gasteiger partial charge on any atom is -0.490 e. The third-order valence-electron chi connectivity index (χ3n) is 5.99. The molecule has 3 aliphatic rings. The summed E-state index contributed by atoms with van der Waals surface area (Å²) in [4.78, 5) is 15.4. The molecule has 5 nitrogen and oxygen atoms in total. The Morgan fingerprint density at radius 2 is 1.67 bits per heavy atom. The van der Waals surface area contributed by atoms with Crippen LogP contribution in [0.25, 0.3) is 0 Å². The summed E-state index contributed by atoms with van der Waals surface area (Å²) in [5, 5.41) is 0. The lowest BCUT2D eigenvalue weighted by atomic mass is 9.88. The number of nitrogens with zero attached hydrogens (tertiary/aromatic N) is 1. The van der Waals surface area contributed by atoms with Crippen LogP contribution in [-0.4, -0.2) is 50.3 Å². The first-order valence-corrected chi connectivity index (χ1v) is 10.6. The van der Waals surface area contributed by atoms with Gasteiger partial charge in [0, 0.05) is 37.6 Å². The second-order valence-electron chi connectivity index (χ2n) is 8.16. The van der Waals surface area contributed by atoms with Gasteiger partial charge in [0.25, 0.3) is 5.91 Å². The van der Waals surface area contributed by atoms with Crippen molar-refractivity contribution in [1.82, 2.24) is 4.90 Å². The average Bonchev–Trinajstić information content (AvgIpc) is 3.10. The lowest BCUT2D eigenvalue weighted by Gasteiger charge is -2.31. The van der Waals surface area contributed by atoms with Gasteiger partial charge in [0.2, 0.25) is 0 Å². The summed E-state index contributed by atoms with van der Waals surface area (Å²) in [6, 6.07) is 5.63. The number of rotatable bonds is 5. The number of benzene rings is 1. The second-order valence-corrected chi connectivity index (χ2v) is 8.16. The predicted octanol–water partition coefficient (Wildman–Crippen LogP) is 3.91. The Hall–Kier alpha value is -1.75. The highest BCUT2D eigenvalue weighted by Gasteiger charge is 2.27. The highest BCUT2D eigenvalue weighted by atomic mass is 16.5. The monoisotopic (exact) mass is 373 g/mol. The first-order chi connectivity index (χ1) is 13.3. The van der Waals surface area contributed by atoms with Crippen molar-refractivity contribution in [2.75, 3.05) is 39.5 Å². The van der Waals surface area contributed by atoms with E-state index in [-0.39, 0.29) is 5.91 Å². The molecule has 5 heteroatoms. The summed E-state index contributed by atoms with van der Waals surface area (Å²) >= 11 is 0. The lowest BCUT2D eigenvalue weighted by Crippen LogP contribution is -2.39. The second kappa shape index (κ2) is 8.96. The van der Waals surface area contributed by atoms with Crippen LogP contribution in [0.3, 0.4) is 0 Å². The van der Waals surface area contributed by atoms with Gasteiger partial charge in [0.15, 0.2) is 11.5 Å². The SMILES string of the molecule is O=C(c1ccc2c(c1)OCCCO2)N(CC1CCCCC1)C[C@@H]1CCOC1. The van der Waals surface area contributed by atoms with E-state index in [1.807, 2.05) is 18.2 Å². The zero-order valence-electron chi connectivity index (χ0n) is 16.2. The summed E-state index contributed by atoms with van der Waals surface area (Å²) in [6.45, 7) is 4.55. The van der Waals surface area contributed by atoms with Gasteiger partial charge in [0.1, 0.15) is 0 Å². The maximum absolute atomic E-state index is 13.4. The van der Waals surface area contributed by atoms with E-state index < -0.39 is 0 Å². The standard InChI is InChI=1S/C22H31NO4/c24-22(19-7-8-20-21(13-19)27-11-4-10-26-20)23(15-18-9-12-25-16-18)14-17-5-2-1-3-6-17/h7-8,13,17-18H,1-6,9-12,14-16H2/t18-/m0/s1. The molecule has 0 N–H and O–H groups in total. The quantitative estimate of drug-likeness (QED) is 0.785. The molecule has 148 valence electrons. The third-order valence-corrected chi connectivity index (χ3v) is 5.99. The van der Waals surface area contributed by atoms with E-state index in [2.05, 4.69) is 4.90 Å². The van der Waals surface area contributed by atoms with E-state index in [0.717, 1.165) is 44.9 Å². The van der Waals surface area contributed by atoms with Crippen molar-refractivity contribution in [3.63, 3.8) is 0 Å². The summed E-state index contributed by atoms with van der Waals surface area (Å²) in [5.74, 6) is 2.64. The lowest BCUT2D eigenvalue weighted by molar-refractivity contribution is 0.0673. The molecule has 0 spiro atoms. The number of carbonyl (C=O) groups excluding carboxylic acids is 1. The summed E-state index contributed by atoms with van der Waals surface area (Å²) in [5.41, 5.74) is 0.703. The van der Waals surface area contributed by atoms with Crippen LogP contribution in [0.1, 0.15) is 55.3 Å². The molecule has 2 aliphatic heterocycles. The Bertz CT molecular complexity index is 635. The Kier molecular flexibility index (Phi) is 6.17. The van der Waals surface area contributed by atoms with Crippen molar-refractivity contribution in [2.24, 2.45) is 11.8 Å². The van der Waals surface area contributed by atoms with Gasteiger partial charge in [-0.25, -0.2) is 0 Å². The molecule has 0 unspecified atom stereocenters. The number of ether oxygens (including phenoxy) is 3. The molecule has 0 radical (unpaired) electrons. The van der Waals surface area contributed by atoms with Gasteiger partial charge in [-0.05, 0) is 43.4 Å². The Morgan fingerprint density at radius 1 is 0.889 bits per heavy atom. The van der Waals surface area contributed by atoms with Crippen LogP contribution < -0.4 is 9.47 Å². The number of hydrogen-bond donors (Lipinski definition) is 0. The molecule has 1 saturated carbocycles. The Labute approximate surface area is 162 Å². The summed E-state index contributed by atoms with van der Waals surface area (Å²) in [7, 11) is 0. The molecule has 2 heterocycles. The van der Waals surface area contributed by atoms with Gasteiger partial charge in [0.05, 0.1) is 19.8 Å². The minimum absolute atomic E-state index is 0.114. The minimum atomic E-state index is 0.114. The Morgan fingerprint density at radius 3 is 2.44 bits per heavy atom. The van der Waals surface area contributed by atoms with Gasteiger partial charge >= 0.3 is 0 Å². The average molecular weight is 373 g/mol. The highest BCUT2D eigenvalue weighted by Crippen LogP contribution is 2.32. The number of hydrogen-bond acceptors (Lipinski definition) is 4. The molecule has 1 aromatic rings. The van der Waals surface area contributed by atoms with Gasteiger partial charge < -0.3 is 19.1 Å². The normalized spacial score (nSPS) is 23.0. The van der Waals surface area contributed by atoms with E-state index in [0.29, 0.717) is 36.4 Å². The molecule has 0 bridgehead atoms. The molecule has 1 saturated heterocycles. The molecule has 0 aromatic heterocycles. The number of amides is 1. The fourth-order valence-electron chi connectivity index (χ4n) is 4.44. The van der Waals surface area contributed by atoms with Crippen LogP contribution >= 0.6 is 0 Å². The van der Waals surface area contributed by atoms with Gasteiger partial charge in [-0.3, -0.25) is 4.79 Å². The van der Waals surface area contributed by atoms with E-state index in [1.165, 1.54) is 32.1 Å². The van der Waals surface area contributed by atoms with E-state index >= 15 is 0 Å². The molecular formula is C22H31NO4. The van der Waals surface area contributed by atoms with Crippen LogP contribution in [0.5, 0.6) is 11.5 Å². The zero-order chi connectivity index (χ0) is 18.5. The Balaban J connectivity index is 1.50. The third kappa shape index (κ3) is 4.75. The van der Waals surface area contributed by atoms with Crippen molar-refractivity contribution in [1.29, 1.82) is 0 Å². The topological polar surface area (TPSA) is 48.0 Å². The van der Waals surface area contributed by atoms with Crippen molar-refractivity contribution in [3.05, 3.63) is 23.8 Å². The maximum atomic E-state index is 13.4. The van der Waals surface area contributed by atoms with Crippen molar-refractivity contribution >= 4 is 5.91 Å². The van der Waals surface area contributed by atoms with Crippen molar-refractivity contribution in [2.45, 2.75) is 44.9 Å². The first kappa shape index (κ1) is 18.6. The van der Waals surface area contributed by atoms with Gasteiger partial charge in [-0.2, -0.15) is 0 Å². The van der Waals surface area contributed by atoms with E-state index in [9.17, 15) is 4.79 Å². The van der Waals surface area contributed by atoms with Gasteiger partial charge in [-0.1, -0.05) is 19.3 Å². The zero-order valence-corrected chi connectivity index (χ0v) is 16.2. The van der Waals surface area contributed by atoms with Crippen LogP contribution in [-0.2, 0) is 4.74 Å². The fraction of sp³-hybridized carbons (Fsp3) is 0.682. The van der Waals surface area contributed by atoms with E-state index in [4.69, 9.17) is 14.2 Å². The number of fused-ring (bicyclic) bond motifs is 1. The van der Waals surface area contributed by atoms with Gasteiger partial charge in [-0.15, -0.1) is 0 Å². The van der Waals surface area contributed by atoms with Crippen LogP contribution in [0.4, 0.5) is 0 Å². The molecule has 1 aromatic carbocycles. The molecule has 1 atom stereocenters. The highest BCUT2D eigenvalue weighted by molar-refractivity contribution is 5.95. The van der Waals surface area contributed by atoms with E-state index in [1.54, 1.807) is 0 Å². The molecular weight excluding hydrogens is 342 g/mol. The first-order valence-electron chi connectivity index (χ1n) is 10.6. The predicted molar refractivity (Wildman–Crippen MR) is 103 cm³/mol. The van der Waals surface area contributed by atoms with Crippen molar-refractivity contribution in [3.8, 4) is 11.5 Å². The van der Waals surface area contributed by atoms with Crippen molar-refractivity contribution < 1.29 is 19.0 Å². The smallest absolute Gasteiger partial charge is 0.254 e. The molecule has 27 heavy (non-hydrogen) atoms. The molecule has 2 fully saturated rings. The molecule has 4 rings (SSSR count). The maximum Gasteiger partial charge on any atom is 0.254 e. The number of carbonyl (C=O) groups is 1. The summed E-state index contributed by atoms with van der Waals surface area (Å²) < 4.78 is 17.0.